The van der Waals surface area contributed by atoms with Gasteiger partial charge >= 0.3 is 6.36 Å². The average Bonchev–Trinajstić information content (AvgIpc) is 2.59. The lowest BCUT2D eigenvalue weighted by Crippen LogP contribution is -2.17. The Hall–Kier alpha value is -3.01. The van der Waals surface area contributed by atoms with Crippen molar-refractivity contribution in [2.45, 2.75) is 12.4 Å². The number of methoxy groups -OCH3 is 2. The number of benzene rings is 2. The van der Waals surface area contributed by atoms with Crippen molar-refractivity contribution in [3.63, 3.8) is 0 Å². The number of hydrogen-bond donors (Lipinski definition) is 1. The molecule has 0 saturated carbocycles. The molecular weight excluding hydrogens is 357 g/mol. The zero-order valence-corrected chi connectivity index (χ0v) is 13.7. The van der Waals surface area contributed by atoms with Gasteiger partial charge in [-0.1, -0.05) is 12.1 Å². The highest BCUT2D eigenvalue weighted by atomic mass is 19.4. The fourth-order valence-electron chi connectivity index (χ4n) is 2.35. The van der Waals surface area contributed by atoms with Crippen molar-refractivity contribution in [1.29, 1.82) is 0 Å². The van der Waals surface area contributed by atoms with Crippen LogP contribution in [-0.2, 0) is 0 Å². The van der Waals surface area contributed by atoms with Crippen LogP contribution in [-0.4, -0.2) is 25.5 Å². The van der Waals surface area contributed by atoms with Gasteiger partial charge in [-0.3, -0.25) is 10.1 Å². The molecule has 0 aliphatic rings. The number of nitro groups is 1. The van der Waals surface area contributed by atoms with Gasteiger partial charge in [0, 0.05) is 0 Å². The SMILES string of the molecule is COc1cc([C@@H](N)c2ccc(OC(F)(F)F)cc2)c([N+](=O)[O-])cc1OC. The van der Waals surface area contributed by atoms with Crippen molar-refractivity contribution in [2.75, 3.05) is 14.2 Å². The summed E-state index contributed by atoms with van der Waals surface area (Å²) in [5.41, 5.74) is 6.26. The molecule has 0 spiro atoms. The Labute approximate surface area is 146 Å². The van der Waals surface area contributed by atoms with Gasteiger partial charge in [-0.2, -0.15) is 0 Å². The molecule has 0 aliphatic carbocycles. The highest BCUT2D eigenvalue weighted by Crippen LogP contribution is 2.38. The van der Waals surface area contributed by atoms with E-state index >= 15 is 0 Å². The molecule has 0 saturated heterocycles. The number of nitrogens with two attached hydrogens (primary N) is 1. The van der Waals surface area contributed by atoms with E-state index < -0.39 is 23.1 Å². The first kappa shape index (κ1) is 19.3. The van der Waals surface area contributed by atoms with Gasteiger partial charge in [0.2, 0.25) is 0 Å². The van der Waals surface area contributed by atoms with E-state index in [-0.39, 0.29) is 22.7 Å². The van der Waals surface area contributed by atoms with Crippen LogP contribution in [0.2, 0.25) is 0 Å². The molecule has 0 fully saturated rings. The Morgan fingerprint density at radius 1 is 1.08 bits per heavy atom. The van der Waals surface area contributed by atoms with Crippen molar-refractivity contribution in [3.05, 3.63) is 57.6 Å². The summed E-state index contributed by atoms with van der Waals surface area (Å²) in [4.78, 5) is 10.7. The first-order chi connectivity index (χ1) is 12.2. The highest BCUT2D eigenvalue weighted by Gasteiger charge is 2.31. The van der Waals surface area contributed by atoms with Crippen LogP contribution < -0.4 is 19.9 Å². The van der Waals surface area contributed by atoms with E-state index in [0.717, 1.165) is 12.1 Å². The van der Waals surface area contributed by atoms with Crippen LogP contribution in [0.4, 0.5) is 18.9 Å². The number of ether oxygens (including phenoxy) is 3. The predicted molar refractivity (Wildman–Crippen MR) is 85.4 cm³/mol. The minimum atomic E-state index is -4.81. The van der Waals surface area contributed by atoms with Gasteiger partial charge in [-0.15, -0.1) is 13.2 Å². The Morgan fingerprint density at radius 2 is 1.62 bits per heavy atom. The quantitative estimate of drug-likeness (QED) is 0.615. The zero-order chi connectivity index (χ0) is 19.5. The van der Waals surface area contributed by atoms with Crippen LogP contribution in [0, 0.1) is 10.1 Å². The summed E-state index contributed by atoms with van der Waals surface area (Å²) in [5.74, 6) is -0.0279. The summed E-state index contributed by atoms with van der Waals surface area (Å²) >= 11 is 0. The number of nitrogens with zero attached hydrogens (tertiary/aromatic N) is 1. The number of hydrogen-bond acceptors (Lipinski definition) is 6. The predicted octanol–water partition coefficient (Wildman–Crippen LogP) is 3.56. The average molecular weight is 372 g/mol. The van der Waals surface area contributed by atoms with E-state index in [4.69, 9.17) is 15.2 Å². The fraction of sp³-hybridized carbons (Fsp3) is 0.250. The van der Waals surface area contributed by atoms with Crippen LogP contribution >= 0.6 is 0 Å². The van der Waals surface area contributed by atoms with Gasteiger partial charge in [0.05, 0.1) is 36.8 Å². The Balaban J connectivity index is 2.42. The molecule has 0 aliphatic heterocycles. The summed E-state index contributed by atoms with van der Waals surface area (Å²) in [7, 11) is 2.70. The maximum Gasteiger partial charge on any atom is 0.573 e. The minimum Gasteiger partial charge on any atom is -0.493 e. The van der Waals surface area contributed by atoms with Crippen molar-refractivity contribution in [2.24, 2.45) is 5.73 Å². The third kappa shape index (κ3) is 4.33. The molecule has 140 valence electrons. The second-order valence-corrected chi connectivity index (χ2v) is 5.12. The van der Waals surface area contributed by atoms with Crippen LogP contribution in [0.15, 0.2) is 36.4 Å². The molecule has 2 aromatic carbocycles. The lowest BCUT2D eigenvalue weighted by molar-refractivity contribution is -0.385. The standard InChI is InChI=1S/C16H15F3N2O5/c1-24-13-7-11(12(21(22)23)8-14(13)25-2)15(20)9-3-5-10(6-4-9)26-16(17,18)19/h3-8,15H,20H2,1-2H3/t15-/m0/s1. The van der Waals surface area contributed by atoms with Crippen molar-refractivity contribution in [1.82, 2.24) is 0 Å². The van der Waals surface area contributed by atoms with E-state index in [9.17, 15) is 23.3 Å². The monoisotopic (exact) mass is 372 g/mol. The van der Waals surface area contributed by atoms with Crippen LogP contribution in [0.5, 0.6) is 17.2 Å². The normalized spacial score (nSPS) is 12.4. The largest absolute Gasteiger partial charge is 0.573 e. The number of nitro benzene ring substituents is 1. The van der Waals surface area contributed by atoms with Crippen LogP contribution in [0.1, 0.15) is 17.2 Å². The summed E-state index contributed by atoms with van der Waals surface area (Å²) in [6.45, 7) is 0. The van der Waals surface area contributed by atoms with Crippen molar-refractivity contribution < 1.29 is 32.3 Å². The number of alkyl halides is 3. The molecule has 0 aromatic heterocycles. The molecule has 2 N–H and O–H groups in total. The van der Waals surface area contributed by atoms with Crippen LogP contribution in [0.3, 0.4) is 0 Å². The van der Waals surface area contributed by atoms with Crippen molar-refractivity contribution >= 4 is 5.69 Å². The molecule has 7 nitrogen and oxygen atoms in total. The first-order valence-electron chi connectivity index (χ1n) is 7.18. The second kappa shape index (κ2) is 7.48. The molecule has 0 radical (unpaired) electrons. The fourth-order valence-corrected chi connectivity index (χ4v) is 2.35. The molecule has 0 heterocycles. The molecule has 1 atom stereocenters. The van der Waals surface area contributed by atoms with Gasteiger partial charge in [0.15, 0.2) is 11.5 Å². The Kier molecular flexibility index (Phi) is 5.56. The third-order valence-electron chi connectivity index (χ3n) is 3.54. The lowest BCUT2D eigenvalue weighted by atomic mass is 9.97. The molecule has 0 amide bonds. The first-order valence-corrected chi connectivity index (χ1v) is 7.18. The molecule has 0 unspecified atom stereocenters. The minimum absolute atomic E-state index is 0.122. The zero-order valence-electron chi connectivity index (χ0n) is 13.7. The van der Waals surface area contributed by atoms with E-state index in [0.29, 0.717) is 5.56 Å². The van der Waals surface area contributed by atoms with Gasteiger partial charge in [0.25, 0.3) is 5.69 Å². The van der Waals surface area contributed by atoms with Crippen molar-refractivity contribution in [3.8, 4) is 17.2 Å². The Morgan fingerprint density at radius 3 is 2.08 bits per heavy atom. The molecule has 2 rings (SSSR count). The maximum atomic E-state index is 12.2. The van der Waals surface area contributed by atoms with E-state index in [2.05, 4.69) is 4.74 Å². The van der Waals surface area contributed by atoms with Gasteiger partial charge in [-0.05, 0) is 23.8 Å². The van der Waals surface area contributed by atoms with Crippen LogP contribution in [0.25, 0.3) is 0 Å². The van der Waals surface area contributed by atoms with Gasteiger partial charge in [-0.25, -0.2) is 0 Å². The van der Waals surface area contributed by atoms with E-state index in [1.54, 1.807) is 0 Å². The lowest BCUT2D eigenvalue weighted by Gasteiger charge is -2.16. The molecule has 26 heavy (non-hydrogen) atoms. The molecule has 10 heteroatoms. The van der Waals surface area contributed by atoms with E-state index in [1.807, 2.05) is 0 Å². The van der Waals surface area contributed by atoms with E-state index in [1.165, 1.54) is 38.5 Å². The number of rotatable bonds is 6. The summed E-state index contributed by atoms with van der Waals surface area (Å²) < 4.78 is 50.6. The smallest absolute Gasteiger partial charge is 0.493 e. The summed E-state index contributed by atoms with van der Waals surface area (Å²) in [6.07, 6.45) is -4.81. The topological polar surface area (TPSA) is 96.9 Å². The van der Waals surface area contributed by atoms with Gasteiger partial charge in [0.1, 0.15) is 5.75 Å². The Bertz CT molecular complexity index is 794. The van der Waals surface area contributed by atoms with Gasteiger partial charge < -0.3 is 19.9 Å². The highest BCUT2D eigenvalue weighted by molar-refractivity contribution is 5.57. The molecule has 2 aromatic rings. The molecular formula is C16H15F3N2O5. The second-order valence-electron chi connectivity index (χ2n) is 5.12. The summed E-state index contributed by atoms with van der Waals surface area (Å²) in [5, 5.41) is 11.3. The maximum absolute atomic E-state index is 12.2. The molecule has 0 bridgehead atoms. The summed E-state index contributed by atoms with van der Waals surface area (Å²) in [6, 6.07) is 6.31. The number of halogens is 3. The third-order valence-corrected chi connectivity index (χ3v) is 3.54.